The van der Waals surface area contributed by atoms with Gasteiger partial charge < -0.3 is 4.74 Å². The van der Waals surface area contributed by atoms with Crippen LogP contribution in [0.5, 0.6) is 0 Å². The summed E-state index contributed by atoms with van der Waals surface area (Å²) in [6, 6.07) is 13.0. The molecule has 0 aliphatic carbocycles. The van der Waals surface area contributed by atoms with E-state index in [0.29, 0.717) is 16.9 Å². The van der Waals surface area contributed by atoms with Crippen molar-refractivity contribution in [3.8, 4) is 0 Å². The fraction of sp³-hybridized carbons (Fsp3) is 0.143. The van der Waals surface area contributed by atoms with Gasteiger partial charge in [0, 0.05) is 28.0 Å². The Morgan fingerprint density at radius 1 is 1.24 bits per heavy atom. The summed E-state index contributed by atoms with van der Waals surface area (Å²) in [7, 11) is 0. The summed E-state index contributed by atoms with van der Waals surface area (Å²) in [6.07, 6.45) is 1.48. The van der Waals surface area contributed by atoms with Gasteiger partial charge in [-0.05, 0) is 49.8 Å². The molecule has 8 heteroatoms. The van der Waals surface area contributed by atoms with E-state index < -0.39 is 16.8 Å². The van der Waals surface area contributed by atoms with E-state index in [2.05, 4.69) is 15.9 Å². The number of non-ortho nitro benzene ring substituents is 1. The second-order valence-electron chi connectivity index (χ2n) is 6.21. The predicted molar refractivity (Wildman–Crippen MR) is 112 cm³/mol. The Kier molecular flexibility index (Phi) is 5.93. The van der Waals surface area contributed by atoms with Crippen molar-refractivity contribution in [2.24, 2.45) is 0 Å². The van der Waals surface area contributed by atoms with Crippen LogP contribution in [0.3, 0.4) is 0 Å². The van der Waals surface area contributed by atoms with E-state index in [1.807, 2.05) is 0 Å². The molecule has 0 radical (unpaired) electrons. The van der Waals surface area contributed by atoms with Crippen molar-refractivity contribution in [2.75, 3.05) is 11.5 Å². The summed E-state index contributed by atoms with van der Waals surface area (Å²) in [4.78, 5) is 37.8. The van der Waals surface area contributed by atoms with Crippen LogP contribution in [0.15, 0.2) is 69.8 Å². The number of hydrogen-bond donors (Lipinski definition) is 0. The third-order valence-electron chi connectivity index (χ3n) is 4.36. The maximum absolute atomic E-state index is 13.2. The molecule has 2 aromatic rings. The second kappa shape index (κ2) is 8.40. The second-order valence-corrected chi connectivity index (χ2v) is 7.12. The lowest BCUT2D eigenvalue weighted by atomic mass is 10.0. The molecule has 29 heavy (non-hydrogen) atoms. The first kappa shape index (κ1) is 20.5. The van der Waals surface area contributed by atoms with Crippen molar-refractivity contribution in [3.63, 3.8) is 0 Å². The van der Waals surface area contributed by atoms with Crippen LogP contribution in [0.4, 0.5) is 11.4 Å². The van der Waals surface area contributed by atoms with Crippen molar-refractivity contribution in [1.82, 2.24) is 0 Å². The van der Waals surface area contributed by atoms with E-state index in [1.54, 1.807) is 44.2 Å². The van der Waals surface area contributed by atoms with Gasteiger partial charge in [-0.1, -0.05) is 28.1 Å². The van der Waals surface area contributed by atoms with Gasteiger partial charge in [0.05, 0.1) is 22.7 Å². The van der Waals surface area contributed by atoms with Crippen LogP contribution in [0, 0.1) is 10.1 Å². The van der Waals surface area contributed by atoms with Crippen LogP contribution in [-0.2, 0) is 14.3 Å². The molecule has 7 nitrogen and oxygen atoms in total. The molecule has 0 bridgehead atoms. The molecule has 1 amide bonds. The Hall–Kier alpha value is -3.26. The third-order valence-corrected chi connectivity index (χ3v) is 4.89. The van der Waals surface area contributed by atoms with Crippen molar-refractivity contribution in [2.45, 2.75) is 13.8 Å². The average Bonchev–Trinajstić information content (AvgIpc) is 2.93. The van der Waals surface area contributed by atoms with Gasteiger partial charge in [-0.2, -0.15) is 0 Å². The van der Waals surface area contributed by atoms with Crippen LogP contribution in [0.2, 0.25) is 0 Å². The number of ether oxygens (including phenoxy) is 1. The highest BCUT2D eigenvalue weighted by Crippen LogP contribution is 2.36. The molecule has 0 spiro atoms. The van der Waals surface area contributed by atoms with E-state index in [4.69, 9.17) is 4.74 Å². The predicted octanol–water partition coefficient (Wildman–Crippen LogP) is 4.62. The minimum absolute atomic E-state index is 0.104. The maximum Gasteiger partial charge on any atom is 0.340 e. The zero-order valence-electron chi connectivity index (χ0n) is 15.7. The number of nitrogens with zero attached hydrogens (tertiary/aromatic N) is 2. The zero-order valence-corrected chi connectivity index (χ0v) is 17.3. The SMILES string of the molecule is CCOC(=O)C1=C(C)N(c2ccc(Br)cc2)C(=O)/C1=C\c1cccc([N+](=O)[O-])c1. The zero-order chi connectivity index (χ0) is 21.1. The standard InChI is InChI=1S/C21H17BrN2O5/c1-3-29-21(26)19-13(2)23(16-9-7-15(22)8-10-16)20(25)18(19)12-14-5-4-6-17(11-14)24(27)28/h4-12H,3H2,1-2H3/b18-12-. The summed E-state index contributed by atoms with van der Waals surface area (Å²) in [6.45, 7) is 3.51. The minimum Gasteiger partial charge on any atom is -0.462 e. The largest absolute Gasteiger partial charge is 0.462 e. The van der Waals surface area contributed by atoms with E-state index in [9.17, 15) is 19.7 Å². The molecule has 148 valence electrons. The van der Waals surface area contributed by atoms with E-state index >= 15 is 0 Å². The number of carbonyl (C=O) groups excluding carboxylic acids is 2. The van der Waals surface area contributed by atoms with Crippen molar-refractivity contribution >= 4 is 45.3 Å². The number of nitro groups is 1. The number of allylic oxidation sites excluding steroid dienone is 1. The first-order valence-electron chi connectivity index (χ1n) is 8.78. The maximum atomic E-state index is 13.2. The number of esters is 1. The fourth-order valence-electron chi connectivity index (χ4n) is 3.08. The fourth-order valence-corrected chi connectivity index (χ4v) is 3.34. The molecule has 1 heterocycles. The topological polar surface area (TPSA) is 89.8 Å². The molecule has 0 atom stereocenters. The van der Waals surface area contributed by atoms with Crippen molar-refractivity contribution in [1.29, 1.82) is 0 Å². The Morgan fingerprint density at radius 2 is 1.93 bits per heavy atom. The average molecular weight is 457 g/mol. The number of amides is 1. The van der Waals surface area contributed by atoms with Gasteiger partial charge in [-0.25, -0.2) is 4.79 Å². The summed E-state index contributed by atoms with van der Waals surface area (Å²) in [5.41, 5.74) is 1.64. The molecule has 0 saturated carbocycles. The molecule has 0 aromatic heterocycles. The Balaban J connectivity index is 2.13. The van der Waals surface area contributed by atoms with Gasteiger partial charge in [-0.15, -0.1) is 0 Å². The first-order chi connectivity index (χ1) is 13.8. The molecule has 1 aliphatic rings. The van der Waals surface area contributed by atoms with Gasteiger partial charge in [-0.3, -0.25) is 19.8 Å². The van der Waals surface area contributed by atoms with Crippen molar-refractivity contribution < 1.29 is 19.2 Å². The highest BCUT2D eigenvalue weighted by molar-refractivity contribution is 9.10. The Morgan fingerprint density at radius 3 is 2.55 bits per heavy atom. The molecular weight excluding hydrogens is 440 g/mol. The highest BCUT2D eigenvalue weighted by atomic mass is 79.9. The van der Waals surface area contributed by atoms with E-state index in [1.165, 1.54) is 29.2 Å². The lowest BCUT2D eigenvalue weighted by Crippen LogP contribution is -2.24. The van der Waals surface area contributed by atoms with E-state index in [-0.39, 0.29) is 23.4 Å². The number of carbonyl (C=O) groups is 2. The summed E-state index contributed by atoms with van der Waals surface area (Å²) >= 11 is 3.36. The van der Waals surface area contributed by atoms with Crippen molar-refractivity contribution in [3.05, 3.63) is 85.5 Å². The monoisotopic (exact) mass is 456 g/mol. The third kappa shape index (κ3) is 4.12. The van der Waals surface area contributed by atoms with Gasteiger partial charge >= 0.3 is 5.97 Å². The van der Waals surface area contributed by atoms with Gasteiger partial charge in [0.25, 0.3) is 11.6 Å². The number of benzene rings is 2. The molecule has 0 fully saturated rings. The van der Waals surface area contributed by atoms with Crippen LogP contribution in [0.1, 0.15) is 19.4 Å². The quantitative estimate of drug-likeness (QED) is 0.283. The van der Waals surface area contributed by atoms with Gasteiger partial charge in [0.1, 0.15) is 0 Å². The molecule has 0 saturated heterocycles. The van der Waals surface area contributed by atoms with Crippen LogP contribution in [-0.4, -0.2) is 23.4 Å². The number of anilines is 1. The number of halogens is 1. The lowest BCUT2D eigenvalue weighted by Gasteiger charge is -2.18. The number of nitro benzene ring substituents is 1. The van der Waals surface area contributed by atoms with Crippen LogP contribution >= 0.6 is 15.9 Å². The summed E-state index contributed by atoms with van der Waals surface area (Å²) in [5, 5.41) is 11.1. The minimum atomic E-state index is -0.616. The Bertz CT molecular complexity index is 1060. The number of rotatable bonds is 5. The van der Waals surface area contributed by atoms with Gasteiger partial charge in [0.2, 0.25) is 0 Å². The Labute approximate surface area is 175 Å². The molecule has 0 N–H and O–H groups in total. The summed E-state index contributed by atoms with van der Waals surface area (Å²) < 4.78 is 6.00. The van der Waals surface area contributed by atoms with Crippen LogP contribution < -0.4 is 4.90 Å². The van der Waals surface area contributed by atoms with Gasteiger partial charge in [0.15, 0.2) is 0 Å². The van der Waals surface area contributed by atoms with Crippen LogP contribution in [0.25, 0.3) is 6.08 Å². The molecular formula is C21H17BrN2O5. The van der Waals surface area contributed by atoms with E-state index in [0.717, 1.165) is 4.47 Å². The molecule has 1 aliphatic heterocycles. The normalized spacial score (nSPS) is 15.2. The lowest BCUT2D eigenvalue weighted by molar-refractivity contribution is -0.384. The highest BCUT2D eigenvalue weighted by Gasteiger charge is 2.38. The molecule has 3 rings (SSSR count). The molecule has 0 unspecified atom stereocenters. The smallest absolute Gasteiger partial charge is 0.340 e. The first-order valence-corrected chi connectivity index (χ1v) is 9.57. The number of hydrogen-bond acceptors (Lipinski definition) is 5. The summed E-state index contributed by atoms with van der Waals surface area (Å²) in [5.74, 6) is -1.02. The molecule has 2 aromatic carbocycles.